The van der Waals surface area contributed by atoms with Crippen molar-refractivity contribution in [1.82, 2.24) is 15.1 Å². The topological polar surface area (TPSA) is 85.7 Å². The van der Waals surface area contributed by atoms with Gasteiger partial charge in [0.1, 0.15) is 12.4 Å². The van der Waals surface area contributed by atoms with Gasteiger partial charge < -0.3 is 14.8 Å². The van der Waals surface area contributed by atoms with Gasteiger partial charge in [0, 0.05) is 17.7 Å². The van der Waals surface area contributed by atoms with Gasteiger partial charge in [0.15, 0.2) is 11.5 Å². The maximum absolute atomic E-state index is 13.9. The highest BCUT2D eigenvalue weighted by Crippen LogP contribution is 2.50. The lowest BCUT2D eigenvalue weighted by molar-refractivity contribution is -0.123. The number of aryl methyl sites for hydroxylation is 1. The van der Waals surface area contributed by atoms with Gasteiger partial charge in [0.25, 0.3) is 0 Å². The average Bonchev–Trinajstić information content (AvgIpc) is 3.57. The molecule has 3 heterocycles. The summed E-state index contributed by atoms with van der Waals surface area (Å²) in [4.78, 5) is 28.6. The lowest BCUT2D eigenvalue weighted by Crippen LogP contribution is -2.43. The smallest absolute Gasteiger partial charge is 0.240 e. The second kappa shape index (κ2) is 11.3. The van der Waals surface area contributed by atoms with Crippen molar-refractivity contribution >= 4 is 29.4 Å². The molecule has 0 unspecified atom stereocenters. The molecule has 1 atom stereocenters. The average molecular weight is 569 g/mol. The van der Waals surface area contributed by atoms with Gasteiger partial charge in [-0.15, -0.1) is 11.8 Å². The van der Waals surface area contributed by atoms with Crippen molar-refractivity contribution in [2.24, 2.45) is 5.92 Å². The van der Waals surface area contributed by atoms with Crippen LogP contribution in [0, 0.1) is 12.8 Å². The Balaban J connectivity index is 1.58. The highest BCUT2D eigenvalue weighted by atomic mass is 32.2. The van der Waals surface area contributed by atoms with Gasteiger partial charge in [-0.2, -0.15) is 5.10 Å². The zero-order valence-corrected chi connectivity index (χ0v) is 24.1. The van der Waals surface area contributed by atoms with E-state index in [0.717, 1.165) is 33.6 Å². The Morgan fingerprint density at radius 1 is 1.05 bits per heavy atom. The van der Waals surface area contributed by atoms with Crippen LogP contribution in [0.3, 0.4) is 0 Å². The summed E-state index contributed by atoms with van der Waals surface area (Å²) < 4.78 is 13.1. The number of fused-ring (bicyclic) bond motifs is 2. The lowest BCUT2D eigenvalue weighted by Gasteiger charge is -2.23. The third-order valence-electron chi connectivity index (χ3n) is 7.09. The summed E-state index contributed by atoms with van der Waals surface area (Å²) in [5, 5.41) is 7.88. The Hall–Kier alpha value is -4.24. The Labute approximate surface area is 243 Å². The molecule has 1 N–H and O–H groups in total. The highest BCUT2D eigenvalue weighted by molar-refractivity contribution is 8.00. The molecule has 3 aromatic carbocycles. The van der Waals surface area contributed by atoms with Crippen molar-refractivity contribution < 1.29 is 19.1 Å². The number of anilines is 1. The van der Waals surface area contributed by atoms with E-state index >= 15 is 0 Å². The Kier molecular flexibility index (Phi) is 7.45. The molecule has 210 valence electrons. The number of carbonyl (C=O) groups excluding carboxylic acids is 2. The van der Waals surface area contributed by atoms with Crippen LogP contribution in [0.1, 0.15) is 35.8 Å². The van der Waals surface area contributed by atoms with Crippen LogP contribution in [0.2, 0.25) is 0 Å². The van der Waals surface area contributed by atoms with E-state index in [1.54, 1.807) is 4.90 Å². The molecule has 0 radical (unpaired) electrons. The van der Waals surface area contributed by atoms with Crippen LogP contribution in [0.15, 0.2) is 72.8 Å². The van der Waals surface area contributed by atoms with Crippen LogP contribution >= 0.6 is 11.8 Å². The number of aromatic nitrogens is 2. The van der Waals surface area contributed by atoms with E-state index in [4.69, 9.17) is 14.6 Å². The maximum Gasteiger partial charge on any atom is 0.240 e. The summed E-state index contributed by atoms with van der Waals surface area (Å²) in [7, 11) is 0. The minimum atomic E-state index is -0.249. The SMILES string of the molecule is Cc1cccc(-n2nc(-c3ccccc3)c3c2N(CC(=O)NCC(C)C)C(=O)CS[C@H]3c2ccc3c(c2)OCO3)c1. The molecule has 6 rings (SSSR count). The third kappa shape index (κ3) is 5.41. The fourth-order valence-electron chi connectivity index (χ4n) is 5.13. The van der Waals surface area contributed by atoms with E-state index in [-0.39, 0.29) is 36.2 Å². The van der Waals surface area contributed by atoms with Gasteiger partial charge in [0.05, 0.1) is 22.4 Å². The van der Waals surface area contributed by atoms with Crippen molar-refractivity contribution in [1.29, 1.82) is 0 Å². The molecular weight excluding hydrogens is 536 g/mol. The molecule has 8 nitrogen and oxygen atoms in total. The molecule has 0 saturated heterocycles. The molecule has 1 aromatic heterocycles. The molecule has 0 spiro atoms. The Bertz CT molecular complexity index is 1600. The third-order valence-corrected chi connectivity index (χ3v) is 8.35. The molecule has 4 aromatic rings. The highest BCUT2D eigenvalue weighted by Gasteiger charge is 2.38. The molecule has 9 heteroatoms. The zero-order valence-electron chi connectivity index (χ0n) is 23.3. The number of hydrogen-bond donors (Lipinski definition) is 1. The van der Waals surface area contributed by atoms with Crippen LogP contribution in [0.5, 0.6) is 11.5 Å². The molecule has 0 fully saturated rings. The number of nitrogens with one attached hydrogen (secondary N) is 1. The monoisotopic (exact) mass is 568 g/mol. The zero-order chi connectivity index (χ0) is 28.5. The van der Waals surface area contributed by atoms with Gasteiger partial charge >= 0.3 is 0 Å². The first-order valence-corrected chi connectivity index (χ1v) is 14.8. The van der Waals surface area contributed by atoms with Crippen LogP contribution in [-0.2, 0) is 9.59 Å². The largest absolute Gasteiger partial charge is 0.454 e. The number of hydrogen-bond acceptors (Lipinski definition) is 6. The van der Waals surface area contributed by atoms with E-state index < -0.39 is 0 Å². The maximum atomic E-state index is 13.9. The number of benzene rings is 3. The minimum absolute atomic E-state index is 0.0985. The summed E-state index contributed by atoms with van der Waals surface area (Å²) in [5.74, 6) is 2.13. The summed E-state index contributed by atoms with van der Waals surface area (Å²) >= 11 is 1.53. The van der Waals surface area contributed by atoms with Crippen LogP contribution in [0.25, 0.3) is 16.9 Å². The summed E-state index contributed by atoms with van der Waals surface area (Å²) in [5.41, 5.74) is 5.43. The number of amides is 2. The number of ether oxygens (including phenoxy) is 2. The number of carbonyl (C=O) groups is 2. The van der Waals surface area contributed by atoms with Crippen molar-refractivity contribution in [2.75, 3.05) is 30.5 Å². The van der Waals surface area contributed by atoms with E-state index in [1.807, 2.05) is 98.2 Å². The number of rotatable bonds is 7. The minimum Gasteiger partial charge on any atom is -0.454 e. The van der Waals surface area contributed by atoms with Gasteiger partial charge in [-0.05, 0) is 48.2 Å². The summed E-state index contributed by atoms with van der Waals surface area (Å²) in [6, 6.07) is 23.9. The first kappa shape index (κ1) is 27.0. The number of nitrogens with zero attached hydrogens (tertiary/aromatic N) is 3. The van der Waals surface area contributed by atoms with Crippen molar-refractivity contribution in [3.63, 3.8) is 0 Å². The van der Waals surface area contributed by atoms with Crippen molar-refractivity contribution in [3.8, 4) is 28.4 Å². The van der Waals surface area contributed by atoms with Crippen LogP contribution < -0.4 is 19.7 Å². The summed E-state index contributed by atoms with van der Waals surface area (Å²) in [6.45, 7) is 6.73. The van der Waals surface area contributed by atoms with Gasteiger partial charge in [-0.1, -0.05) is 62.4 Å². The Morgan fingerprint density at radius 3 is 2.63 bits per heavy atom. The lowest BCUT2D eigenvalue weighted by atomic mass is 9.99. The van der Waals surface area contributed by atoms with E-state index in [2.05, 4.69) is 5.32 Å². The predicted molar refractivity (Wildman–Crippen MR) is 161 cm³/mol. The van der Waals surface area contributed by atoms with Crippen molar-refractivity contribution in [3.05, 3.63) is 89.5 Å². The second-order valence-corrected chi connectivity index (χ2v) is 11.8. The van der Waals surface area contributed by atoms with Crippen molar-refractivity contribution in [2.45, 2.75) is 26.0 Å². The normalized spacial score (nSPS) is 16.0. The molecular formula is C32H32N4O4S. The predicted octanol–water partition coefficient (Wildman–Crippen LogP) is 5.52. The van der Waals surface area contributed by atoms with E-state index in [9.17, 15) is 9.59 Å². The van der Waals surface area contributed by atoms with Gasteiger partial charge in [-0.3, -0.25) is 14.5 Å². The first-order chi connectivity index (χ1) is 19.9. The molecule has 0 bridgehead atoms. The summed E-state index contributed by atoms with van der Waals surface area (Å²) in [6.07, 6.45) is 0. The first-order valence-electron chi connectivity index (χ1n) is 13.7. The molecule has 0 aliphatic carbocycles. The Morgan fingerprint density at radius 2 is 1.85 bits per heavy atom. The van der Waals surface area contributed by atoms with E-state index in [0.29, 0.717) is 29.8 Å². The van der Waals surface area contributed by atoms with E-state index in [1.165, 1.54) is 11.8 Å². The molecule has 2 amide bonds. The standard InChI is InChI=1S/C32H32N4O4S/c1-20(2)16-33-27(37)17-35-28(38)18-41-31(23-12-13-25-26(15-23)40-19-39-25)29-30(22-9-5-4-6-10-22)34-36(32(29)35)24-11-7-8-21(3)14-24/h4-15,20,31H,16-19H2,1-3H3,(H,33,37)/t31-/m0/s1. The fraction of sp³-hybridized carbons (Fsp3) is 0.281. The fourth-order valence-corrected chi connectivity index (χ4v) is 6.31. The van der Waals surface area contributed by atoms with Gasteiger partial charge in [0.2, 0.25) is 18.6 Å². The number of thioether (sulfide) groups is 1. The molecule has 41 heavy (non-hydrogen) atoms. The quantitative estimate of drug-likeness (QED) is 0.316. The van der Waals surface area contributed by atoms with Crippen LogP contribution in [0.4, 0.5) is 5.82 Å². The molecule has 2 aliphatic rings. The molecule has 2 aliphatic heterocycles. The van der Waals surface area contributed by atoms with Crippen LogP contribution in [-0.4, -0.2) is 47.2 Å². The second-order valence-electron chi connectivity index (χ2n) is 10.7. The molecule has 0 saturated carbocycles. The van der Waals surface area contributed by atoms with Gasteiger partial charge in [-0.25, -0.2) is 4.68 Å².